The molecule has 3 aliphatic heterocycles. The third-order valence-electron chi connectivity index (χ3n) is 11.7. The summed E-state index contributed by atoms with van der Waals surface area (Å²) < 4.78 is 37.4. The summed E-state index contributed by atoms with van der Waals surface area (Å²) in [6, 6.07) is -0.858. The number of carbonyl (C=O) groups excluding carboxylic acids is 1. The topological polar surface area (TPSA) is 189 Å². The van der Waals surface area contributed by atoms with E-state index < -0.39 is 96.0 Å². The lowest BCUT2D eigenvalue weighted by molar-refractivity contribution is -0.318. The first kappa shape index (κ1) is 44.4. The van der Waals surface area contributed by atoms with Gasteiger partial charge in [0.05, 0.1) is 41.5 Å². The fourth-order valence-electron chi connectivity index (χ4n) is 8.36. The Hall–Kier alpha value is -1.01. The molecule has 6 N–H and O–H groups in total. The molecule has 0 amide bonds. The van der Waals surface area contributed by atoms with E-state index in [1.54, 1.807) is 41.5 Å². The molecule has 3 rings (SSSR count). The molecule has 0 radical (unpaired) electrons. The van der Waals surface area contributed by atoms with Gasteiger partial charge < -0.3 is 64.2 Å². The molecule has 0 spiro atoms. The van der Waals surface area contributed by atoms with Crippen LogP contribution in [0.3, 0.4) is 0 Å². The minimum Gasteiger partial charge on any atom is -0.459 e. The predicted octanol–water partition coefficient (Wildman–Crippen LogP) is 1.56. The highest BCUT2D eigenvalue weighted by atomic mass is 16.7. The molecule has 0 aromatic rings. The molecule has 17 unspecified atom stereocenters. The molecule has 14 nitrogen and oxygen atoms in total. The van der Waals surface area contributed by atoms with Gasteiger partial charge in [-0.1, -0.05) is 20.8 Å². The number of rotatable bonds is 7. The number of cyclic esters (lactones) is 1. The Morgan fingerprint density at radius 3 is 2.14 bits per heavy atom. The minimum atomic E-state index is -1.80. The first-order chi connectivity index (χ1) is 23.5. The second-order valence-corrected chi connectivity index (χ2v) is 16.7. The summed E-state index contributed by atoms with van der Waals surface area (Å²) >= 11 is 0. The summed E-state index contributed by atoms with van der Waals surface area (Å²) in [4.78, 5) is 16.1. The summed E-state index contributed by atoms with van der Waals surface area (Å²) in [5.74, 6) is -2.60. The van der Waals surface area contributed by atoms with Crippen molar-refractivity contribution in [2.75, 3.05) is 27.7 Å². The van der Waals surface area contributed by atoms with E-state index in [-0.39, 0.29) is 37.3 Å². The Kier molecular flexibility index (Phi) is 15.3. The SMILES string of the molecule is CCC1OC(=O)C(C)C(OC2C[C@@](C)(OC)C(O)C(C)O2)C(C)C(OC2OC(C)CC(N(C)C)C2O)C(C)(O)CC(C)CNC(C)C(O)C1(C)O. The normalized spacial score (nSPS) is 49.9. The fourth-order valence-corrected chi connectivity index (χ4v) is 8.36. The van der Waals surface area contributed by atoms with Crippen LogP contribution in [0, 0.1) is 17.8 Å². The predicted molar refractivity (Wildman–Crippen MR) is 190 cm³/mol. The largest absolute Gasteiger partial charge is 0.459 e. The van der Waals surface area contributed by atoms with Gasteiger partial charge in [-0.2, -0.15) is 0 Å². The number of methoxy groups -OCH3 is 1. The minimum absolute atomic E-state index is 0.132. The van der Waals surface area contributed by atoms with E-state index in [1.165, 1.54) is 14.0 Å². The van der Waals surface area contributed by atoms with Crippen molar-refractivity contribution in [3.05, 3.63) is 0 Å². The molecule has 0 aromatic heterocycles. The van der Waals surface area contributed by atoms with Crippen LogP contribution in [0.25, 0.3) is 0 Å². The molecule has 3 fully saturated rings. The van der Waals surface area contributed by atoms with Gasteiger partial charge in [-0.3, -0.25) is 4.79 Å². The maximum Gasteiger partial charge on any atom is 0.311 e. The van der Waals surface area contributed by atoms with Crippen LogP contribution < -0.4 is 5.32 Å². The second kappa shape index (κ2) is 17.6. The average Bonchev–Trinajstić information content (AvgIpc) is 3.05. The quantitative estimate of drug-likeness (QED) is 0.207. The Morgan fingerprint density at radius 1 is 0.941 bits per heavy atom. The van der Waals surface area contributed by atoms with Crippen LogP contribution in [0.1, 0.15) is 94.9 Å². The van der Waals surface area contributed by atoms with Crippen LogP contribution in [0.15, 0.2) is 0 Å². The maximum atomic E-state index is 14.1. The number of hydrogen-bond donors (Lipinski definition) is 6. The summed E-state index contributed by atoms with van der Waals surface area (Å²) in [5.41, 5.74) is -4.37. The van der Waals surface area contributed by atoms with Crippen molar-refractivity contribution in [1.82, 2.24) is 10.2 Å². The van der Waals surface area contributed by atoms with Crippen LogP contribution in [0.5, 0.6) is 0 Å². The van der Waals surface area contributed by atoms with Crippen LogP contribution in [-0.2, 0) is 33.2 Å². The zero-order chi connectivity index (χ0) is 38.8. The molecule has 0 aromatic carbocycles. The molecule has 51 heavy (non-hydrogen) atoms. The zero-order valence-corrected chi connectivity index (χ0v) is 33.2. The lowest BCUT2D eigenvalue weighted by Crippen LogP contribution is -2.60. The number of hydrogen-bond acceptors (Lipinski definition) is 14. The Bertz CT molecular complexity index is 1110. The molecule has 3 saturated heterocycles. The highest BCUT2D eigenvalue weighted by Gasteiger charge is 2.52. The number of nitrogens with one attached hydrogen (secondary N) is 1. The molecular weight excluding hydrogens is 664 g/mol. The van der Waals surface area contributed by atoms with Gasteiger partial charge in [0.2, 0.25) is 0 Å². The first-order valence-corrected chi connectivity index (χ1v) is 18.8. The van der Waals surface area contributed by atoms with Gasteiger partial charge in [-0.15, -0.1) is 0 Å². The molecule has 14 heteroatoms. The smallest absolute Gasteiger partial charge is 0.311 e. The van der Waals surface area contributed by atoms with Gasteiger partial charge in [-0.05, 0) is 94.3 Å². The van der Waals surface area contributed by atoms with Crippen LogP contribution in [-0.4, -0.2) is 154 Å². The van der Waals surface area contributed by atoms with Crippen molar-refractivity contribution >= 4 is 5.97 Å². The van der Waals surface area contributed by atoms with Crippen LogP contribution in [0.2, 0.25) is 0 Å². The Morgan fingerprint density at radius 2 is 1.57 bits per heavy atom. The summed E-state index contributed by atoms with van der Waals surface area (Å²) in [5, 5.41) is 60.9. The van der Waals surface area contributed by atoms with E-state index in [0.29, 0.717) is 13.0 Å². The van der Waals surface area contributed by atoms with E-state index in [9.17, 15) is 30.3 Å². The molecule has 300 valence electrons. The third-order valence-corrected chi connectivity index (χ3v) is 11.7. The van der Waals surface area contributed by atoms with Gasteiger partial charge in [0.1, 0.15) is 30.0 Å². The molecule has 0 saturated carbocycles. The standard InChI is InChI=1S/C37H70N2O12/c1-14-26-37(10,45)30(41)23(6)38-18-19(2)16-35(8,44)32(51-34-28(40)25(39(11)12)15-20(3)47-34)21(4)29(22(5)33(43)49-26)50-27-17-36(9,46-13)31(42)24(7)48-27/h19-32,34,38,40-42,44-45H,14-18H2,1-13H3/t19?,20?,21?,22?,23?,24?,25?,26?,27?,28?,29?,30?,31?,32?,34?,35?,36-,37?/m1/s1. The van der Waals surface area contributed by atoms with Gasteiger partial charge in [0.25, 0.3) is 0 Å². The van der Waals surface area contributed by atoms with E-state index in [0.717, 1.165) is 0 Å². The zero-order valence-electron chi connectivity index (χ0n) is 33.2. The Balaban J connectivity index is 2.15. The molecular formula is C37H70N2O12. The van der Waals surface area contributed by atoms with Gasteiger partial charge in [0.15, 0.2) is 12.6 Å². The lowest BCUT2D eigenvalue weighted by Gasteiger charge is -2.48. The van der Waals surface area contributed by atoms with Crippen molar-refractivity contribution < 1.29 is 58.7 Å². The number of ether oxygens (including phenoxy) is 6. The fraction of sp³-hybridized carbons (Fsp3) is 0.973. The first-order valence-electron chi connectivity index (χ1n) is 18.8. The van der Waals surface area contributed by atoms with E-state index >= 15 is 0 Å². The number of aliphatic hydroxyl groups excluding tert-OH is 3. The highest BCUT2D eigenvalue weighted by Crippen LogP contribution is 2.40. The van der Waals surface area contributed by atoms with E-state index in [1.807, 2.05) is 39.8 Å². The Labute approximate surface area is 305 Å². The van der Waals surface area contributed by atoms with Crippen molar-refractivity contribution in [2.24, 2.45) is 17.8 Å². The lowest BCUT2D eigenvalue weighted by atomic mass is 9.77. The summed E-state index contributed by atoms with van der Waals surface area (Å²) in [6.45, 7) is 17.8. The number of likely N-dealkylation sites (N-methyl/N-ethyl adjacent to an activating group) is 1. The van der Waals surface area contributed by atoms with Crippen molar-refractivity contribution in [1.29, 1.82) is 0 Å². The highest BCUT2D eigenvalue weighted by molar-refractivity contribution is 5.73. The van der Waals surface area contributed by atoms with Crippen molar-refractivity contribution in [3.63, 3.8) is 0 Å². The molecule has 3 heterocycles. The number of carbonyl (C=O) groups is 1. The number of aliphatic hydroxyl groups is 5. The molecule has 3 aliphatic rings. The van der Waals surface area contributed by atoms with Gasteiger partial charge in [0, 0.05) is 31.5 Å². The number of esters is 1. The number of nitrogens with zero attached hydrogens (tertiary/aromatic N) is 1. The van der Waals surface area contributed by atoms with Gasteiger partial charge in [-0.25, -0.2) is 0 Å². The van der Waals surface area contributed by atoms with Crippen LogP contribution in [0.4, 0.5) is 0 Å². The third kappa shape index (κ3) is 10.2. The van der Waals surface area contributed by atoms with Crippen molar-refractivity contribution in [3.8, 4) is 0 Å². The van der Waals surface area contributed by atoms with E-state index in [4.69, 9.17) is 28.4 Å². The monoisotopic (exact) mass is 734 g/mol. The molecule has 18 atom stereocenters. The summed E-state index contributed by atoms with van der Waals surface area (Å²) in [6.07, 6.45) is -8.22. The average molecular weight is 735 g/mol. The molecule has 0 bridgehead atoms. The van der Waals surface area contributed by atoms with Crippen LogP contribution >= 0.6 is 0 Å². The van der Waals surface area contributed by atoms with Gasteiger partial charge >= 0.3 is 5.97 Å². The van der Waals surface area contributed by atoms with E-state index in [2.05, 4.69) is 5.32 Å². The van der Waals surface area contributed by atoms with Crippen molar-refractivity contribution in [2.45, 2.75) is 185 Å². The molecule has 0 aliphatic carbocycles. The second-order valence-electron chi connectivity index (χ2n) is 16.7. The maximum absolute atomic E-state index is 14.1. The summed E-state index contributed by atoms with van der Waals surface area (Å²) in [7, 11) is 5.27.